The lowest BCUT2D eigenvalue weighted by atomic mass is 9.90. The minimum atomic E-state index is -1.07. The molecule has 0 unspecified atom stereocenters. The smallest absolute Gasteiger partial charge is 0.277 e. The van der Waals surface area contributed by atoms with E-state index in [9.17, 15) is 14.7 Å². The van der Waals surface area contributed by atoms with E-state index in [1.165, 1.54) is 0 Å². The van der Waals surface area contributed by atoms with Gasteiger partial charge in [-0.3, -0.25) is 14.3 Å². The molecule has 3 aromatic rings. The number of rotatable bonds is 6. The molecule has 11 heteroatoms. The highest BCUT2D eigenvalue weighted by molar-refractivity contribution is 7.13. The van der Waals surface area contributed by atoms with Gasteiger partial charge in [-0.25, -0.2) is 4.98 Å². The maximum atomic E-state index is 13.8. The number of aliphatic imine (C=N–C) groups is 1. The molecule has 2 aromatic heterocycles. The van der Waals surface area contributed by atoms with Gasteiger partial charge in [0.1, 0.15) is 11.4 Å². The minimum absolute atomic E-state index is 0.0336. The molecule has 10 nitrogen and oxygen atoms in total. The Kier molecular flexibility index (Phi) is 6.45. The van der Waals surface area contributed by atoms with Gasteiger partial charge in [0.05, 0.1) is 39.8 Å². The van der Waals surface area contributed by atoms with E-state index in [4.69, 9.17) is 0 Å². The lowest BCUT2D eigenvalue weighted by Crippen LogP contribution is -2.51. The Hall–Kier alpha value is -3.44. The number of β-amino-alcohol motifs (C(OH)–C–C–N with tert-alkyl or cyclic N) is 1. The van der Waals surface area contributed by atoms with Crippen LogP contribution in [0, 0.1) is 12.8 Å². The molecule has 1 saturated heterocycles. The van der Waals surface area contributed by atoms with Crippen LogP contribution in [0.25, 0.3) is 10.4 Å². The Labute approximate surface area is 219 Å². The summed E-state index contributed by atoms with van der Waals surface area (Å²) < 4.78 is 1.57. The predicted molar refractivity (Wildman–Crippen MR) is 140 cm³/mol. The van der Waals surface area contributed by atoms with E-state index < -0.39 is 23.6 Å². The summed E-state index contributed by atoms with van der Waals surface area (Å²) in [5.74, 6) is -0.636. The van der Waals surface area contributed by atoms with Crippen molar-refractivity contribution in [2.45, 2.75) is 57.7 Å². The van der Waals surface area contributed by atoms with Gasteiger partial charge in [0.2, 0.25) is 5.91 Å². The maximum absolute atomic E-state index is 13.8. The van der Waals surface area contributed by atoms with E-state index in [-0.39, 0.29) is 24.3 Å². The van der Waals surface area contributed by atoms with E-state index in [0.717, 1.165) is 21.7 Å². The number of hydrogen-bond donors (Lipinski definition) is 2. The van der Waals surface area contributed by atoms with E-state index in [1.807, 2.05) is 50.5 Å². The largest absolute Gasteiger partial charge is 0.391 e. The highest BCUT2D eigenvalue weighted by Gasteiger charge is 2.48. The summed E-state index contributed by atoms with van der Waals surface area (Å²) in [6.07, 6.45) is 1.33. The fraction of sp³-hybridized carbons (Fsp3) is 0.462. The van der Waals surface area contributed by atoms with Crippen molar-refractivity contribution in [1.29, 1.82) is 0 Å². The Bertz CT molecular complexity index is 1360. The number of likely N-dealkylation sites (tertiary alicyclic amines) is 1. The monoisotopic (exact) mass is 521 g/mol. The lowest BCUT2D eigenvalue weighted by molar-refractivity contribution is -0.134. The number of aliphatic hydroxyl groups excluding tert-OH is 1. The summed E-state index contributed by atoms with van der Waals surface area (Å²) >= 11 is 1.58. The number of nitrogens with zero attached hydrogens (tertiary/aromatic N) is 6. The maximum Gasteiger partial charge on any atom is 0.277 e. The molecule has 0 aliphatic carbocycles. The predicted octanol–water partition coefficient (Wildman–Crippen LogP) is 2.39. The minimum Gasteiger partial charge on any atom is -0.391 e. The van der Waals surface area contributed by atoms with Gasteiger partial charge in [-0.2, -0.15) is 4.99 Å². The number of nitrogens with one attached hydrogen (secondary N) is 1. The van der Waals surface area contributed by atoms with E-state index >= 15 is 0 Å². The Morgan fingerprint density at radius 1 is 1.27 bits per heavy atom. The number of aliphatic hydroxyl groups is 1. The molecule has 1 fully saturated rings. The highest BCUT2D eigenvalue weighted by Crippen LogP contribution is 2.34. The Morgan fingerprint density at radius 3 is 2.59 bits per heavy atom. The van der Waals surface area contributed by atoms with Gasteiger partial charge >= 0.3 is 0 Å². The zero-order chi connectivity index (χ0) is 26.5. The number of amidine groups is 1. The number of amides is 2. The number of aryl methyl sites for hydroxylation is 2. The quantitative estimate of drug-likeness (QED) is 0.510. The number of hydrogen-bond acceptors (Lipinski definition) is 8. The third-order valence-electron chi connectivity index (χ3n) is 7.25. The van der Waals surface area contributed by atoms with Crippen molar-refractivity contribution >= 4 is 29.0 Å². The highest BCUT2D eigenvalue weighted by atomic mass is 32.1. The average Bonchev–Trinajstić information content (AvgIpc) is 3.62. The summed E-state index contributed by atoms with van der Waals surface area (Å²) in [7, 11) is 1.76. The summed E-state index contributed by atoms with van der Waals surface area (Å²) in [6.45, 7) is 7.86. The standard InChI is InChI=1S/C26H31N7O3S/c1-14(2)21(19-12-32(5)31-30-19)24(35)33-11-18(34)10-20(33)23-28-25(36)26(4,29-23)17-8-6-16(7-9-17)22-15(3)27-13-37-22/h6-9,12-14,18,20-21,34H,10-11H2,1-5H3,(H,28,29,36)/t18-,20-,21+,26+/m1/s1. The molecule has 0 bridgehead atoms. The van der Waals surface area contributed by atoms with E-state index in [1.54, 1.807) is 41.1 Å². The van der Waals surface area contributed by atoms with Crippen molar-refractivity contribution in [3.8, 4) is 10.4 Å². The SMILES string of the molecule is Cc1ncsc1-c1ccc([C@]2(C)NC([C@H]3C[C@@H](O)CN3C(=O)[C@H](c3cn(C)nn3)C(C)C)=NC2=O)cc1. The van der Waals surface area contributed by atoms with Crippen LogP contribution in [0.15, 0.2) is 41.0 Å². The second-order valence-electron chi connectivity index (χ2n) is 10.3. The molecular weight excluding hydrogens is 490 g/mol. The second kappa shape index (κ2) is 9.46. The fourth-order valence-electron chi connectivity index (χ4n) is 5.20. The first-order chi connectivity index (χ1) is 17.6. The molecule has 4 heterocycles. The van der Waals surface area contributed by atoms with Crippen LogP contribution in [0.2, 0.25) is 0 Å². The summed E-state index contributed by atoms with van der Waals surface area (Å²) in [5.41, 5.74) is 4.12. The van der Waals surface area contributed by atoms with Crippen molar-refractivity contribution in [3.05, 3.63) is 52.9 Å². The van der Waals surface area contributed by atoms with Crippen LogP contribution in [-0.2, 0) is 22.2 Å². The van der Waals surface area contributed by atoms with Crippen LogP contribution in [0.1, 0.15) is 50.1 Å². The molecule has 2 amide bonds. The van der Waals surface area contributed by atoms with Crippen LogP contribution >= 0.6 is 11.3 Å². The lowest BCUT2D eigenvalue weighted by Gasteiger charge is -2.31. The van der Waals surface area contributed by atoms with Crippen molar-refractivity contribution < 1.29 is 14.7 Å². The molecule has 1 aromatic carbocycles. The summed E-state index contributed by atoms with van der Waals surface area (Å²) in [4.78, 5) is 38.4. The van der Waals surface area contributed by atoms with Gasteiger partial charge < -0.3 is 15.3 Å². The summed E-state index contributed by atoms with van der Waals surface area (Å²) in [6, 6.07) is 7.28. The third kappa shape index (κ3) is 4.46. The zero-order valence-electron chi connectivity index (χ0n) is 21.5. The van der Waals surface area contributed by atoms with Crippen molar-refractivity contribution in [2.75, 3.05) is 6.54 Å². The van der Waals surface area contributed by atoms with Gasteiger partial charge in [0.15, 0.2) is 0 Å². The first-order valence-electron chi connectivity index (χ1n) is 12.4. The van der Waals surface area contributed by atoms with Gasteiger partial charge in [-0.15, -0.1) is 16.4 Å². The molecular formula is C26H31N7O3S. The van der Waals surface area contributed by atoms with Crippen LogP contribution in [-0.4, -0.2) is 66.3 Å². The van der Waals surface area contributed by atoms with Gasteiger partial charge in [-0.1, -0.05) is 43.3 Å². The molecule has 2 aliphatic heterocycles. The number of benzene rings is 1. The third-order valence-corrected chi connectivity index (χ3v) is 8.22. The first kappa shape index (κ1) is 25.2. The average molecular weight is 522 g/mol. The molecule has 5 rings (SSSR count). The van der Waals surface area contributed by atoms with Crippen LogP contribution in [0.4, 0.5) is 0 Å². The van der Waals surface area contributed by atoms with Crippen LogP contribution in [0.3, 0.4) is 0 Å². The number of carbonyl (C=O) groups is 2. The Morgan fingerprint density at radius 2 is 2.00 bits per heavy atom. The number of aromatic nitrogens is 4. The molecule has 2 N–H and O–H groups in total. The van der Waals surface area contributed by atoms with Gasteiger partial charge in [0, 0.05) is 26.2 Å². The zero-order valence-corrected chi connectivity index (χ0v) is 22.4. The van der Waals surface area contributed by atoms with Crippen molar-refractivity contribution in [1.82, 2.24) is 30.2 Å². The number of thiazole rings is 1. The van der Waals surface area contributed by atoms with Gasteiger partial charge in [0.25, 0.3) is 5.91 Å². The van der Waals surface area contributed by atoms with Gasteiger partial charge in [-0.05, 0) is 30.9 Å². The van der Waals surface area contributed by atoms with Crippen LogP contribution in [0.5, 0.6) is 0 Å². The summed E-state index contributed by atoms with van der Waals surface area (Å²) in [5, 5.41) is 22.0. The topological polar surface area (TPSA) is 126 Å². The number of carbonyl (C=O) groups excluding carboxylic acids is 2. The second-order valence-corrected chi connectivity index (χ2v) is 11.2. The fourth-order valence-corrected chi connectivity index (χ4v) is 6.01. The first-order valence-corrected chi connectivity index (χ1v) is 13.2. The van der Waals surface area contributed by atoms with E-state index in [2.05, 4.69) is 25.6 Å². The van der Waals surface area contributed by atoms with Crippen molar-refractivity contribution in [3.63, 3.8) is 0 Å². The molecule has 0 saturated carbocycles. The van der Waals surface area contributed by atoms with E-state index in [0.29, 0.717) is 18.0 Å². The molecule has 0 spiro atoms. The van der Waals surface area contributed by atoms with Crippen LogP contribution < -0.4 is 5.32 Å². The normalized spacial score (nSPS) is 24.5. The molecule has 4 atom stereocenters. The molecule has 37 heavy (non-hydrogen) atoms. The molecule has 0 radical (unpaired) electrons. The Balaban J connectivity index is 1.39. The van der Waals surface area contributed by atoms with Crippen molar-refractivity contribution in [2.24, 2.45) is 18.0 Å². The molecule has 194 valence electrons. The molecule has 2 aliphatic rings.